The van der Waals surface area contributed by atoms with Crippen molar-refractivity contribution in [1.29, 1.82) is 0 Å². The number of hydrogen-bond donors (Lipinski definition) is 2. The van der Waals surface area contributed by atoms with Gasteiger partial charge in [0.25, 0.3) is 11.8 Å². The average Bonchev–Trinajstić information content (AvgIpc) is 2.75. The molecule has 0 saturated carbocycles. The topological polar surface area (TPSA) is 77.6 Å². The minimum absolute atomic E-state index is 0.219. The Bertz CT molecular complexity index is 829. The third kappa shape index (κ3) is 5.77. The van der Waals surface area contributed by atoms with Gasteiger partial charge in [-0.3, -0.25) is 9.59 Å². The molecule has 29 heavy (non-hydrogen) atoms. The van der Waals surface area contributed by atoms with Crippen molar-refractivity contribution in [2.75, 3.05) is 50.0 Å². The highest BCUT2D eigenvalue weighted by molar-refractivity contribution is 6.03. The Labute approximate surface area is 172 Å². The number of aromatic nitrogens is 1. The van der Waals surface area contributed by atoms with Gasteiger partial charge in [-0.05, 0) is 49.9 Å². The maximum absolute atomic E-state index is 12.6. The highest BCUT2D eigenvalue weighted by Crippen LogP contribution is 2.19. The number of nitrogens with one attached hydrogen (secondary N) is 2. The van der Waals surface area contributed by atoms with E-state index in [1.807, 2.05) is 24.3 Å². The van der Waals surface area contributed by atoms with Crippen molar-refractivity contribution in [1.82, 2.24) is 15.2 Å². The molecule has 2 heterocycles. The fourth-order valence-corrected chi connectivity index (χ4v) is 3.17. The largest absolute Gasteiger partial charge is 0.369 e. The van der Waals surface area contributed by atoms with Gasteiger partial charge in [0.15, 0.2) is 0 Å². The van der Waals surface area contributed by atoms with E-state index in [4.69, 9.17) is 0 Å². The third-order valence-electron chi connectivity index (χ3n) is 5.02. The molecule has 7 nitrogen and oxygen atoms in total. The summed E-state index contributed by atoms with van der Waals surface area (Å²) >= 11 is 0. The second-order valence-corrected chi connectivity index (χ2v) is 7.31. The summed E-state index contributed by atoms with van der Waals surface area (Å²) in [6, 6.07) is 12.7. The number of piperazine rings is 1. The number of hydrogen-bond acceptors (Lipinski definition) is 5. The third-order valence-corrected chi connectivity index (χ3v) is 5.02. The van der Waals surface area contributed by atoms with Crippen molar-refractivity contribution in [2.45, 2.75) is 19.8 Å². The van der Waals surface area contributed by atoms with Crippen LogP contribution in [0.4, 0.5) is 11.4 Å². The SMILES string of the molecule is CCCCNC(=O)c1cccc(C(=O)Nc2ccc(N3CCN(C)CC3)cc2)n1. The molecule has 1 aliphatic rings. The van der Waals surface area contributed by atoms with Gasteiger partial charge in [-0.2, -0.15) is 0 Å². The number of amides is 2. The molecule has 2 amide bonds. The molecule has 2 N–H and O–H groups in total. The standard InChI is InChI=1S/C22H29N5O2/c1-3-4-12-23-21(28)19-6-5-7-20(25-19)22(29)24-17-8-10-18(11-9-17)27-15-13-26(2)14-16-27/h5-11H,3-4,12-16H2,1-2H3,(H,23,28)(H,24,29). The molecular weight excluding hydrogens is 366 g/mol. The summed E-state index contributed by atoms with van der Waals surface area (Å²) in [5.41, 5.74) is 2.32. The van der Waals surface area contributed by atoms with E-state index in [1.165, 1.54) is 0 Å². The normalized spacial score (nSPS) is 14.5. The summed E-state index contributed by atoms with van der Waals surface area (Å²) in [6.45, 7) is 6.76. The van der Waals surface area contributed by atoms with Gasteiger partial charge < -0.3 is 20.4 Å². The van der Waals surface area contributed by atoms with Crippen molar-refractivity contribution in [3.8, 4) is 0 Å². The lowest BCUT2D eigenvalue weighted by atomic mass is 10.2. The minimum atomic E-state index is -0.333. The zero-order valence-corrected chi connectivity index (χ0v) is 17.1. The fraction of sp³-hybridized carbons (Fsp3) is 0.409. The number of nitrogens with zero attached hydrogens (tertiary/aromatic N) is 3. The van der Waals surface area contributed by atoms with Gasteiger partial charge in [0, 0.05) is 44.1 Å². The van der Waals surface area contributed by atoms with Gasteiger partial charge >= 0.3 is 0 Å². The number of anilines is 2. The van der Waals surface area contributed by atoms with Crippen LogP contribution in [0.25, 0.3) is 0 Å². The molecule has 1 aromatic carbocycles. The van der Waals surface area contributed by atoms with Crippen molar-refractivity contribution >= 4 is 23.2 Å². The van der Waals surface area contributed by atoms with Crippen LogP contribution < -0.4 is 15.5 Å². The number of likely N-dealkylation sites (N-methyl/N-ethyl adjacent to an activating group) is 1. The van der Waals surface area contributed by atoms with E-state index in [9.17, 15) is 9.59 Å². The molecule has 0 atom stereocenters. The van der Waals surface area contributed by atoms with Crippen LogP contribution in [0.5, 0.6) is 0 Å². The summed E-state index contributed by atoms with van der Waals surface area (Å²) in [5, 5.41) is 5.67. The summed E-state index contributed by atoms with van der Waals surface area (Å²) in [6.07, 6.45) is 1.92. The maximum Gasteiger partial charge on any atom is 0.274 e. The number of carbonyl (C=O) groups excluding carboxylic acids is 2. The molecule has 154 valence electrons. The molecule has 1 saturated heterocycles. The Morgan fingerprint density at radius 3 is 2.28 bits per heavy atom. The number of carbonyl (C=O) groups is 2. The van der Waals surface area contributed by atoms with Crippen LogP contribution in [-0.4, -0.2) is 61.5 Å². The van der Waals surface area contributed by atoms with Crippen LogP contribution in [0.3, 0.4) is 0 Å². The van der Waals surface area contributed by atoms with Crippen LogP contribution in [0.15, 0.2) is 42.5 Å². The average molecular weight is 396 g/mol. The van der Waals surface area contributed by atoms with Gasteiger partial charge in [-0.25, -0.2) is 4.98 Å². The van der Waals surface area contributed by atoms with E-state index in [-0.39, 0.29) is 23.2 Å². The molecule has 0 unspecified atom stereocenters. The van der Waals surface area contributed by atoms with Gasteiger partial charge in [0.05, 0.1) is 0 Å². The van der Waals surface area contributed by atoms with E-state index in [1.54, 1.807) is 18.2 Å². The van der Waals surface area contributed by atoms with Crippen LogP contribution in [-0.2, 0) is 0 Å². The molecule has 1 aromatic heterocycles. The first-order chi connectivity index (χ1) is 14.1. The lowest BCUT2D eigenvalue weighted by molar-refractivity contribution is 0.0948. The molecule has 7 heteroatoms. The molecular formula is C22H29N5O2. The van der Waals surface area contributed by atoms with Crippen molar-refractivity contribution in [3.05, 3.63) is 53.9 Å². The van der Waals surface area contributed by atoms with Gasteiger partial charge in [0.1, 0.15) is 11.4 Å². The monoisotopic (exact) mass is 395 g/mol. The number of benzene rings is 1. The quantitative estimate of drug-likeness (QED) is 0.705. The Balaban J connectivity index is 1.60. The summed E-state index contributed by atoms with van der Waals surface area (Å²) < 4.78 is 0. The first-order valence-electron chi connectivity index (χ1n) is 10.2. The van der Waals surface area contributed by atoms with Crippen LogP contribution in [0, 0.1) is 0 Å². The predicted molar refractivity (Wildman–Crippen MR) is 116 cm³/mol. The Hall–Kier alpha value is -2.93. The maximum atomic E-state index is 12.6. The zero-order chi connectivity index (χ0) is 20.6. The predicted octanol–water partition coefficient (Wildman–Crippen LogP) is 2.62. The highest BCUT2D eigenvalue weighted by atomic mass is 16.2. The first kappa shape index (κ1) is 20.8. The van der Waals surface area contributed by atoms with Crippen LogP contribution in [0.1, 0.15) is 40.7 Å². The summed E-state index contributed by atoms with van der Waals surface area (Å²) in [7, 11) is 2.13. The number of rotatable bonds is 7. The highest BCUT2D eigenvalue weighted by Gasteiger charge is 2.15. The molecule has 0 spiro atoms. The van der Waals surface area contributed by atoms with E-state index in [0.29, 0.717) is 12.2 Å². The molecule has 1 fully saturated rings. The van der Waals surface area contributed by atoms with E-state index in [2.05, 4.69) is 39.4 Å². The Kier molecular flexibility index (Phi) is 7.19. The smallest absolute Gasteiger partial charge is 0.274 e. The van der Waals surface area contributed by atoms with Crippen molar-refractivity contribution in [3.63, 3.8) is 0 Å². The second kappa shape index (κ2) is 10.0. The summed E-state index contributed by atoms with van der Waals surface area (Å²) in [5.74, 6) is -0.592. The molecule has 0 bridgehead atoms. The Morgan fingerprint density at radius 1 is 0.966 bits per heavy atom. The molecule has 1 aliphatic heterocycles. The van der Waals surface area contributed by atoms with Gasteiger partial charge in [-0.15, -0.1) is 0 Å². The number of unbranched alkanes of at least 4 members (excludes halogenated alkanes) is 1. The molecule has 3 rings (SSSR count). The van der Waals surface area contributed by atoms with Crippen LogP contribution in [0.2, 0.25) is 0 Å². The fourth-order valence-electron chi connectivity index (χ4n) is 3.17. The van der Waals surface area contributed by atoms with E-state index >= 15 is 0 Å². The van der Waals surface area contributed by atoms with Crippen LogP contribution >= 0.6 is 0 Å². The van der Waals surface area contributed by atoms with E-state index < -0.39 is 0 Å². The van der Waals surface area contributed by atoms with Crippen molar-refractivity contribution < 1.29 is 9.59 Å². The Morgan fingerprint density at radius 2 is 1.62 bits per heavy atom. The lowest BCUT2D eigenvalue weighted by Crippen LogP contribution is -2.44. The molecule has 2 aromatic rings. The minimum Gasteiger partial charge on any atom is -0.369 e. The second-order valence-electron chi connectivity index (χ2n) is 7.31. The summed E-state index contributed by atoms with van der Waals surface area (Å²) in [4.78, 5) is 33.6. The lowest BCUT2D eigenvalue weighted by Gasteiger charge is -2.34. The zero-order valence-electron chi connectivity index (χ0n) is 17.1. The van der Waals surface area contributed by atoms with Crippen molar-refractivity contribution in [2.24, 2.45) is 0 Å². The van der Waals surface area contributed by atoms with E-state index in [0.717, 1.165) is 44.7 Å². The molecule has 0 radical (unpaired) electrons. The van der Waals surface area contributed by atoms with Gasteiger partial charge in [-0.1, -0.05) is 19.4 Å². The molecule has 0 aliphatic carbocycles. The first-order valence-corrected chi connectivity index (χ1v) is 10.2. The van der Waals surface area contributed by atoms with Gasteiger partial charge in [0.2, 0.25) is 0 Å². The number of pyridine rings is 1.